The average molecular weight is 557 g/mol. The molecule has 1 N–H and O–H groups in total. The molecule has 0 saturated carbocycles. The summed E-state index contributed by atoms with van der Waals surface area (Å²) in [4.78, 5) is 45.2. The molecule has 5 rings (SSSR count). The van der Waals surface area contributed by atoms with E-state index in [9.17, 15) is 19.5 Å². The van der Waals surface area contributed by atoms with Gasteiger partial charge in [0.15, 0.2) is 5.13 Å². The first-order valence-corrected chi connectivity index (χ1v) is 13.7. The number of esters is 1. The van der Waals surface area contributed by atoms with Gasteiger partial charge in [0, 0.05) is 5.56 Å². The van der Waals surface area contributed by atoms with Gasteiger partial charge in [0.1, 0.15) is 11.5 Å². The Morgan fingerprint density at radius 2 is 1.70 bits per heavy atom. The predicted octanol–water partition coefficient (Wildman–Crippen LogP) is 6.11. The zero-order chi connectivity index (χ0) is 28.6. The van der Waals surface area contributed by atoms with Crippen LogP contribution in [0.5, 0.6) is 5.75 Å². The Morgan fingerprint density at radius 1 is 1.02 bits per heavy atom. The van der Waals surface area contributed by atoms with Crippen molar-refractivity contribution in [2.24, 2.45) is 0 Å². The summed E-state index contributed by atoms with van der Waals surface area (Å²) < 4.78 is 11.3. The number of Topliss-reactive ketones (excluding diaryl/α,β-unsaturated/α-hetero) is 1. The number of anilines is 1. The first kappa shape index (κ1) is 27.1. The highest BCUT2D eigenvalue weighted by atomic mass is 32.1. The molecule has 1 aliphatic rings. The number of carbonyl (C=O) groups is 3. The number of rotatable bonds is 7. The zero-order valence-electron chi connectivity index (χ0n) is 22.6. The number of carbonyl (C=O) groups excluding carboxylic acids is 3. The number of hydrogen-bond donors (Lipinski definition) is 1. The molecular weight excluding hydrogens is 528 g/mol. The molecule has 40 heavy (non-hydrogen) atoms. The van der Waals surface area contributed by atoms with Crippen LogP contribution in [0.1, 0.15) is 52.0 Å². The van der Waals surface area contributed by atoms with Gasteiger partial charge in [0.25, 0.3) is 5.78 Å². The SMILES string of the molecule is CCCOc1ccc(C(O)=C2C(=O)C(=O)N(c3nc4c(C)cc(C)cc4s3)C2c2ccc(C(=O)OC)cc2)cc1. The van der Waals surface area contributed by atoms with Crippen molar-refractivity contribution in [3.8, 4) is 5.75 Å². The highest BCUT2D eigenvalue weighted by Crippen LogP contribution is 2.45. The summed E-state index contributed by atoms with van der Waals surface area (Å²) in [5.41, 5.74) is 3.91. The fourth-order valence-corrected chi connectivity index (χ4v) is 5.98. The van der Waals surface area contributed by atoms with Gasteiger partial charge in [-0.15, -0.1) is 0 Å². The van der Waals surface area contributed by atoms with E-state index in [0.29, 0.717) is 34.2 Å². The van der Waals surface area contributed by atoms with Crippen LogP contribution in [0.15, 0.2) is 66.2 Å². The third kappa shape index (κ3) is 4.84. The van der Waals surface area contributed by atoms with Crippen molar-refractivity contribution in [2.75, 3.05) is 18.6 Å². The number of benzene rings is 3. The lowest BCUT2D eigenvalue weighted by molar-refractivity contribution is -0.132. The zero-order valence-corrected chi connectivity index (χ0v) is 23.4. The summed E-state index contributed by atoms with van der Waals surface area (Å²) in [7, 11) is 1.29. The first-order valence-electron chi connectivity index (χ1n) is 12.8. The molecule has 204 valence electrons. The number of amides is 1. The lowest BCUT2D eigenvalue weighted by Gasteiger charge is -2.23. The van der Waals surface area contributed by atoms with E-state index < -0.39 is 23.7 Å². The van der Waals surface area contributed by atoms with Crippen molar-refractivity contribution >= 4 is 50.1 Å². The van der Waals surface area contributed by atoms with Crippen LogP contribution in [0, 0.1) is 13.8 Å². The first-order chi connectivity index (χ1) is 19.2. The Labute approximate surface area is 235 Å². The highest BCUT2D eigenvalue weighted by molar-refractivity contribution is 7.22. The smallest absolute Gasteiger partial charge is 0.337 e. The molecule has 1 amide bonds. The molecule has 8 nitrogen and oxygen atoms in total. The Bertz CT molecular complexity index is 1650. The predicted molar refractivity (Wildman–Crippen MR) is 154 cm³/mol. The topological polar surface area (TPSA) is 106 Å². The summed E-state index contributed by atoms with van der Waals surface area (Å²) >= 11 is 1.30. The van der Waals surface area contributed by atoms with E-state index in [1.165, 1.54) is 23.3 Å². The van der Waals surface area contributed by atoms with Gasteiger partial charge in [-0.25, -0.2) is 9.78 Å². The maximum absolute atomic E-state index is 13.6. The summed E-state index contributed by atoms with van der Waals surface area (Å²) in [6.07, 6.45) is 0.852. The van der Waals surface area contributed by atoms with Crippen molar-refractivity contribution in [2.45, 2.75) is 33.2 Å². The van der Waals surface area contributed by atoms with Crippen LogP contribution >= 0.6 is 11.3 Å². The van der Waals surface area contributed by atoms with Gasteiger partial charge in [-0.05, 0) is 79.4 Å². The summed E-state index contributed by atoms with van der Waals surface area (Å²) in [5.74, 6) is -1.80. The van der Waals surface area contributed by atoms with Gasteiger partial charge in [-0.1, -0.05) is 36.5 Å². The average Bonchev–Trinajstić information content (AvgIpc) is 3.49. The summed E-state index contributed by atoms with van der Waals surface area (Å²) in [6.45, 7) is 6.49. The quantitative estimate of drug-likeness (QED) is 0.127. The molecule has 4 aromatic rings. The molecule has 2 heterocycles. The third-order valence-electron chi connectivity index (χ3n) is 6.72. The molecule has 1 unspecified atom stereocenters. The maximum Gasteiger partial charge on any atom is 0.337 e. The minimum absolute atomic E-state index is 0.0646. The molecule has 0 bridgehead atoms. The molecule has 0 spiro atoms. The van der Waals surface area contributed by atoms with Crippen LogP contribution in [-0.2, 0) is 14.3 Å². The van der Waals surface area contributed by atoms with Crippen LogP contribution in [0.3, 0.4) is 0 Å². The number of nitrogens with zero attached hydrogens (tertiary/aromatic N) is 2. The van der Waals surface area contributed by atoms with E-state index in [0.717, 1.165) is 27.8 Å². The van der Waals surface area contributed by atoms with Gasteiger partial charge in [0.2, 0.25) is 0 Å². The number of aryl methyl sites for hydroxylation is 2. The van der Waals surface area contributed by atoms with E-state index >= 15 is 0 Å². The van der Waals surface area contributed by atoms with Crippen LogP contribution in [0.25, 0.3) is 16.0 Å². The number of ether oxygens (including phenoxy) is 2. The number of thiazole rings is 1. The van der Waals surface area contributed by atoms with Crippen molar-refractivity contribution in [3.05, 3.63) is 94.1 Å². The fraction of sp³-hybridized carbons (Fsp3) is 0.226. The molecular formula is C31H28N2O6S. The second-order valence-electron chi connectivity index (χ2n) is 9.58. The summed E-state index contributed by atoms with van der Waals surface area (Å²) in [5, 5.41) is 11.8. The Kier molecular flexibility index (Phi) is 7.40. The van der Waals surface area contributed by atoms with E-state index in [2.05, 4.69) is 0 Å². The molecule has 0 radical (unpaired) electrons. The standard InChI is InChI=1S/C31H28N2O6S/c1-5-14-39-22-12-10-20(11-13-22)27(34)24-26(19-6-8-21(9-7-19)30(37)38-4)33(29(36)28(24)35)31-32-25-18(3)15-17(2)16-23(25)40-31/h6-13,15-16,26,34H,5,14H2,1-4H3. The lowest BCUT2D eigenvalue weighted by atomic mass is 9.94. The van der Waals surface area contributed by atoms with Gasteiger partial charge in [0.05, 0.1) is 41.1 Å². The molecule has 1 atom stereocenters. The second kappa shape index (κ2) is 10.9. The van der Waals surface area contributed by atoms with E-state index in [1.54, 1.807) is 48.5 Å². The number of ketones is 1. The van der Waals surface area contributed by atoms with Crippen molar-refractivity contribution in [1.82, 2.24) is 4.98 Å². The van der Waals surface area contributed by atoms with E-state index in [-0.39, 0.29) is 11.3 Å². The van der Waals surface area contributed by atoms with Crippen molar-refractivity contribution in [3.63, 3.8) is 0 Å². The fourth-order valence-electron chi connectivity index (χ4n) is 4.81. The number of aliphatic hydroxyl groups is 1. The Hall–Kier alpha value is -4.50. The van der Waals surface area contributed by atoms with Crippen LogP contribution < -0.4 is 9.64 Å². The number of hydrogen-bond acceptors (Lipinski definition) is 8. The molecule has 3 aromatic carbocycles. The number of methoxy groups -OCH3 is 1. The molecule has 1 aromatic heterocycles. The minimum Gasteiger partial charge on any atom is -0.507 e. The number of fused-ring (bicyclic) bond motifs is 1. The third-order valence-corrected chi connectivity index (χ3v) is 7.72. The number of aliphatic hydroxyl groups excluding tert-OH is 1. The van der Waals surface area contributed by atoms with Crippen LogP contribution in [0.4, 0.5) is 5.13 Å². The molecule has 9 heteroatoms. The van der Waals surface area contributed by atoms with Crippen molar-refractivity contribution < 1.29 is 29.0 Å². The molecule has 1 aliphatic heterocycles. The highest BCUT2D eigenvalue weighted by Gasteiger charge is 2.48. The monoisotopic (exact) mass is 556 g/mol. The Morgan fingerprint density at radius 3 is 2.35 bits per heavy atom. The van der Waals surface area contributed by atoms with E-state index in [4.69, 9.17) is 14.5 Å². The molecule has 0 aliphatic carbocycles. The minimum atomic E-state index is -0.968. The lowest BCUT2D eigenvalue weighted by Crippen LogP contribution is -2.29. The summed E-state index contributed by atoms with van der Waals surface area (Å²) in [6, 6.07) is 16.2. The van der Waals surface area contributed by atoms with Crippen LogP contribution in [-0.4, -0.2) is 41.5 Å². The largest absolute Gasteiger partial charge is 0.507 e. The van der Waals surface area contributed by atoms with Gasteiger partial charge in [-0.3, -0.25) is 14.5 Å². The normalized spacial score (nSPS) is 16.5. The van der Waals surface area contributed by atoms with Crippen LogP contribution in [0.2, 0.25) is 0 Å². The van der Waals surface area contributed by atoms with Gasteiger partial charge in [-0.2, -0.15) is 0 Å². The van der Waals surface area contributed by atoms with Gasteiger partial charge >= 0.3 is 11.9 Å². The van der Waals surface area contributed by atoms with Gasteiger partial charge < -0.3 is 14.6 Å². The number of aromatic nitrogens is 1. The molecule has 1 fully saturated rings. The van der Waals surface area contributed by atoms with Crippen molar-refractivity contribution in [1.29, 1.82) is 0 Å². The van der Waals surface area contributed by atoms with E-state index in [1.807, 2.05) is 32.9 Å². The second-order valence-corrected chi connectivity index (χ2v) is 10.6. The Balaban J connectivity index is 1.66. The maximum atomic E-state index is 13.6. The molecule has 1 saturated heterocycles.